The van der Waals surface area contributed by atoms with Gasteiger partial charge >= 0.3 is 0 Å². The Morgan fingerprint density at radius 1 is 1.06 bits per heavy atom. The maximum absolute atomic E-state index is 4.62. The Morgan fingerprint density at radius 3 is 2.41 bits per heavy atom. The zero-order valence-electron chi connectivity index (χ0n) is 10.6. The molecule has 0 saturated carbocycles. The molecule has 0 bridgehead atoms. The molecule has 2 rings (SSSR count). The molecule has 0 saturated heterocycles. The Hall–Kier alpha value is -1.97. The molecule has 0 aromatic carbocycles. The summed E-state index contributed by atoms with van der Waals surface area (Å²) in [6.45, 7) is 5.97. The van der Waals surface area contributed by atoms with Crippen LogP contribution >= 0.6 is 0 Å². The number of rotatable bonds is 2. The number of hydrogen-bond donors (Lipinski definition) is 1. The smallest absolute Gasteiger partial charge is 0.152 e. The van der Waals surface area contributed by atoms with Gasteiger partial charge in [0.05, 0.1) is 11.4 Å². The molecule has 0 aliphatic rings. The van der Waals surface area contributed by atoms with Crippen LogP contribution in [0.5, 0.6) is 0 Å². The van der Waals surface area contributed by atoms with Crippen LogP contribution in [0.15, 0.2) is 18.5 Å². The molecule has 2 aromatic heterocycles. The second-order valence-corrected chi connectivity index (χ2v) is 4.03. The predicted molar refractivity (Wildman–Crippen MR) is 69.0 cm³/mol. The molecule has 0 amide bonds. The number of nitrogens with one attached hydrogen (secondary N) is 1. The molecule has 0 aliphatic carbocycles. The Bertz CT molecular complexity index is 549. The summed E-state index contributed by atoms with van der Waals surface area (Å²) >= 11 is 0. The van der Waals surface area contributed by atoms with E-state index in [0.29, 0.717) is 0 Å². The van der Waals surface area contributed by atoms with Crippen LogP contribution in [0.1, 0.15) is 17.0 Å². The van der Waals surface area contributed by atoms with E-state index in [1.807, 2.05) is 40.1 Å². The highest BCUT2D eigenvalue weighted by molar-refractivity contribution is 5.73. The summed E-state index contributed by atoms with van der Waals surface area (Å²) in [7, 11) is 1.86. The van der Waals surface area contributed by atoms with E-state index in [2.05, 4.69) is 20.3 Å². The normalized spacial score (nSPS) is 10.4. The van der Waals surface area contributed by atoms with Gasteiger partial charge in [0.1, 0.15) is 5.69 Å². The van der Waals surface area contributed by atoms with Crippen LogP contribution in [0.25, 0.3) is 11.3 Å². The number of pyridine rings is 1. The van der Waals surface area contributed by atoms with Crippen molar-refractivity contribution in [1.29, 1.82) is 0 Å². The fraction of sp³-hybridized carbons (Fsp3) is 0.308. The third-order valence-electron chi connectivity index (χ3n) is 2.82. The van der Waals surface area contributed by atoms with Gasteiger partial charge < -0.3 is 5.32 Å². The Morgan fingerprint density at radius 2 is 1.76 bits per heavy atom. The molecule has 88 valence electrons. The van der Waals surface area contributed by atoms with Gasteiger partial charge in [-0.05, 0) is 32.4 Å². The van der Waals surface area contributed by atoms with E-state index < -0.39 is 0 Å². The van der Waals surface area contributed by atoms with Crippen molar-refractivity contribution in [2.24, 2.45) is 0 Å². The van der Waals surface area contributed by atoms with Crippen molar-refractivity contribution in [3.8, 4) is 11.3 Å². The molecular formula is C13H16N4. The lowest BCUT2D eigenvalue weighted by atomic mass is 10.1. The van der Waals surface area contributed by atoms with E-state index in [1.165, 1.54) is 0 Å². The van der Waals surface area contributed by atoms with Gasteiger partial charge in [-0.1, -0.05) is 0 Å². The molecular weight excluding hydrogens is 212 g/mol. The van der Waals surface area contributed by atoms with Crippen molar-refractivity contribution >= 4 is 5.82 Å². The first kappa shape index (κ1) is 11.5. The van der Waals surface area contributed by atoms with E-state index in [-0.39, 0.29) is 0 Å². The van der Waals surface area contributed by atoms with Crippen LogP contribution in [0.4, 0.5) is 5.82 Å². The predicted octanol–water partition coefficient (Wildman–Crippen LogP) is 2.51. The van der Waals surface area contributed by atoms with E-state index in [1.54, 1.807) is 6.20 Å². The van der Waals surface area contributed by atoms with Crippen LogP contribution in [0, 0.1) is 20.8 Å². The lowest BCUT2D eigenvalue weighted by Crippen LogP contribution is -2.03. The average Bonchev–Trinajstić information content (AvgIpc) is 2.33. The standard InChI is InChI=1S/C13H16N4/c1-8-7-15-6-5-11(8)12-13(14-4)17-10(3)9(2)16-12/h5-7H,1-4H3,(H,14,17). The monoisotopic (exact) mass is 228 g/mol. The molecule has 17 heavy (non-hydrogen) atoms. The van der Waals surface area contributed by atoms with Gasteiger partial charge in [0.15, 0.2) is 5.82 Å². The molecule has 0 fully saturated rings. The van der Waals surface area contributed by atoms with E-state index in [4.69, 9.17) is 0 Å². The maximum atomic E-state index is 4.62. The first-order valence-electron chi connectivity index (χ1n) is 5.57. The van der Waals surface area contributed by atoms with Gasteiger partial charge in [0.25, 0.3) is 0 Å². The minimum absolute atomic E-state index is 0.808. The topological polar surface area (TPSA) is 50.7 Å². The van der Waals surface area contributed by atoms with Crippen molar-refractivity contribution in [3.05, 3.63) is 35.4 Å². The summed E-state index contributed by atoms with van der Waals surface area (Å²) < 4.78 is 0. The lowest BCUT2D eigenvalue weighted by molar-refractivity contribution is 1.05. The molecule has 2 heterocycles. The number of aryl methyl sites for hydroxylation is 3. The fourth-order valence-corrected chi connectivity index (χ4v) is 1.70. The van der Waals surface area contributed by atoms with E-state index in [0.717, 1.165) is 34.0 Å². The SMILES string of the molecule is CNc1nc(C)c(C)nc1-c1ccncc1C. The minimum Gasteiger partial charge on any atom is -0.371 e. The highest BCUT2D eigenvalue weighted by Crippen LogP contribution is 2.27. The molecule has 0 radical (unpaired) electrons. The fourth-order valence-electron chi connectivity index (χ4n) is 1.70. The molecule has 0 spiro atoms. The number of aromatic nitrogens is 3. The summed E-state index contributed by atoms with van der Waals surface area (Å²) in [5.41, 5.74) is 4.96. The van der Waals surface area contributed by atoms with E-state index >= 15 is 0 Å². The minimum atomic E-state index is 0.808. The molecule has 0 aliphatic heterocycles. The Balaban J connectivity index is 2.67. The second-order valence-electron chi connectivity index (χ2n) is 4.03. The number of anilines is 1. The Kier molecular flexibility index (Phi) is 3.04. The van der Waals surface area contributed by atoms with Gasteiger partial charge in [-0.15, -0.1) is 0 Å². The molecule has 4 heteroatoms. The Labute approximate surface area is 101 Å². The molecule has 2 aromatic rings. The van der Waals surface area contributed by atoms with Gasteiger partial charge in [-0.2, -0.15) is 0 Å². The van der Waals surface area contributed by atoms with E-state index in [9.17, 15) is 0 Å². The second kappa shape index (κ2) is 4.49. The zero-order chi connectivity index (χ0) is 12.4. The lowest BCUT2D eigenvalue weighted by Gasteiger charge is -2.11. The first-order valence-corrected chi connectivity index (χ1v) is 5.57. The zero-order valence-corrected chi connectivity index (χ0v) is 10.6. The van der Waals surface area contributed by atoms with Crippen LogP contribution in [-0.2, 0) is 0 Å². The van der Waals surface area contributed by atoms with Crippen molar-refractivity contribution in [2.45, 2.75) is 20.8 Å². The highest BCUT2D eigenvalue weighted by Gasteiger charge is 2.11. The molecule has 0 atom stereocenters. The quantitative estimate of drug-likeness (QED) is 0.858. The molecule has 4 nitrogen and oxygen atoms in total. The van der Waals surface area contributed by atoms with Gasteiger partial charge in [-0.3, -0.25) is 4.98 Å². The maximum Gasteiger partial charge on any atom is 0.152 e. The molecule has 0 unspecified atom stereocenters. The van der Waals surface area contributed by atoms with Crippen molar-refractivity contribution in [2.75, 3.05) is 12.4 Å². The summed E-state index contributed by atoms with van der Waals surface area (Å²) in [5.74, 6) is 0.808. The average molecular weight is 228 g/mol. The van der Waals surface area contributed by atoms with Crippen LogP contribution in [0.3, 0.4) is 0 Å². The van der Waals surface area contributed by atoms with Crippen molar-refractivity contribution in [1.82, 2.24) is 15.0 Å². The van der Waals surface area contributed by atoms with Crippen LogP contribution in [0.2, 0.25) is 0 Å². The van der Waals surface area contributed by atoms with Crippen LogP contribution in [-0.4, -0.2) is 22.0 Å². The summed E-state index contributed by atoms with van der Waals surface area (Å²) in [5, 5.41) is 3.10. The summed E-state index contributed by atoms with van der Waals surface area (Å²) in [6, 6.07) is 1.97. The van der Waals surface area contributed by atoms with Crippen molar-refractivity contribution in [3.63, 3.8) is 0 Å². The number of nitrogens with zero attached hydrogens (tertiary/aromatic N) is 3. The third-order valence-corrected chi connectivity index (χ3v) is 2.82. The molecule has 1 N–H and O–H groups in total. The summed E-state index contributed by atoms with van der Waals surface area (Å²) in [6.07, 6.45) is 3.62. The largest absolute Gasteiger partial charge is 0.371 e. The van der Waals surface area contributed by atoms with Crippen LogP contribution < -0.4 is 5.32 Å². The van der Waals surface area contributed by atoms with Crippen molar-refractivity contribution < 1.29 is 0 Å². The third kappa shape index (κ3) is 2.11. The first-order chi connectivity index (χ1) is 8.13. The van der Waals surface area contributed by atoms with Gasteiger partial charge in [0, 0.05) is 25.0 Å². The number of hydrogen-bond acceptors (Lipinski definition) is 4. The highest BCUT2D eigenvalue weighted by atomic mass is 15.0. The van der Waals surface area contributed by atoms with Gasteiger partial charge in [0.2, 0.25) is 0 Å². The summed E-state index contributed by atoms with van der Waals surface area (Å²) in [4.78, 5) is 13.2. The van der Waals surface area contributed by atoms with Gasteiger partial charge in [-0.25, -0.2) is 9.97 Å².